The highest BCUT2D eigenvalue weighted by atomic mass is 35.5. The van der Waals surface area contributed by atoms with Crippen molar-refractivity contribution >= 4 is 17.5 Å². The van der Waals surface area contributed by atoms with Crippen molar-refractivity contribution in [2.75, 3.05) is 6.54 Å². The van der Waals surface area contributed by atoms with E-state index in [9.17, 15) is 4.79 Å². The van der Waals surface area contributed by atoms with Crippen molar-refractivity contribution in [3.8, 4) is 0 Å². The van der Waals surface area contributed by atoms with Crippen LogP contribution in [0.25, 0.3) is 0 Å². The van der Waals surface area contributed by atoms with Gasteiger partial charge in [0, 0.05) is 25.0 Å². The summed E-state index contributed by atoms with van der Waals surface area (Å²) in [7, 11) is 0. The molecular weight excluding hydrogens is 320 g/mol. The van der Waals surface area contributed by atoms with Gasteiger partial charge in [-0.15, -0.1) is 11.6 Å². The highest BCUT2D eigenvalue weighted by molar-refractivity contribution is 6.30. The fraction of sp³-hybridized carbons (Fsp3) is 0.450. The number of nitrogens with zero attached hydrogens (tertiary/aromatic N) is 2. The monoisotopic (exact) mass is 346 g/mol. The quantitative estimate of drug-likeness (QED) is 0.641. The third kappa shape index (κ3) is 4.88. The highest BCUT2D eigenvalue weighted by Gasteiger charge is 2.19. The summed E-state index contributed by atoms with van der Waals surface area (Å²) in [5, 5.41) is -0.485. The van der Waals surface area contributed by atoms with E-state index in [0.717, 1.165) is 31.6 Å². The van der Waals surface area contributed by atoms with E-state index >= 15 is 0 Å². The van der Waals surface area contributed by atoms with Crippen LogP contribution >= 0.6 is 11.6 Å². The Bertz CT molecular complexity index is 663. The van der Waals surface area contributed by atoms with E-state index in [1.54, 1.807) is 6.92 Å². The van der Waals surface area contributed by atoms with Crippen molar-refractivity contribution in [1.82, 2.24) is 9.47 Å². The molecule has 0 aliphatic carbocycles. The van der Waals surface area contributed by atoms with E-state index in [1.807, 2.05) is 11.0 Å². The molecule has 2 rings (SSSR count). The molecule has 1 heterocycles. The Hall–Kier alpha value is -1.74. The molecule has 1 amide bonds. The average molecular weight is 347 g/mol. The summed E-state index contributed by atoms with van der Waals surface area (Å²) >= 11 is 6.03. The minimum atomic E-state index is -0.485. The largest absolute Gasteiger partial charge is 0.345 e. The van der Waals surface area contributed by atoms with Crippen LogP contribution in [0.3, 0.4) is 0 Å². The summed E-state index contributed by atoms with van der Waals surface area (Å²) in [6.45, 7) is 8.19. The Kier molecular flexibility index (Phi) is 6.92. The van der Waals surface area contributed by atoms with Crippen molar-refractivity contribution in [3.05, 3.63) is 59.4 Å². The van der Waals surface area contributed by atoms with Gasteiger partial charge in [-0.25, -0.2) is 0 Å². The molecule has 4 heteroatoms. The number of benzene rings is 1. The van der Waals surface area contributed by atoms with Gasteiger partial charge in [-0.05, 0) is 43.5 Å². The lowest BCUT2D eigenvalue weighted by Gasteiger charge is -2.24. The number of rotatable bonds is 8. The van der Waals surface area contributed by atoms with Gasteiger partial charge in [-0.2, -0.15) is 0 Å². The first-order chi connectivity index (χ1) is 11.5. The van der Waals surface area contributed by atoms with Gasteiger partial charge in [0.2, 0.25) is 5.91 Å². The topological polar surface area (TPSA) is 25.2 Å². The average Bonchev–Trinajstić information content (AvgIpc) is 2.99. The molecule has 0 bridgehead atoms. The third-order valence-electron chi connectivity index (χ3n) is 4.31. The molecule has 0 saturated heterocycles. The maximum Gasteiger partial charge on any atom is 0.240 e. The minimum Gasteiger partial charge on any atom is -0.345 e. The molecule has 1 aromatic heterocycles. The number of carbonyl (C=O) groups is 1. The van der Waals surface area contributed by atoms with Crippen molar-refractivity contribution in [3.63, 3.8) is 0 Å². The Morgan fingerprint density at radius 3 is 2.67 bits per heavy atom. The molecule has 0 spiro atoms. The molecule has 130 valence electrons. The number of hydrogen-bond acceptors (Lipinski definition) is 1. The highest BCUT2D eigenvalue weighted by Crippen LogP contribution is 2.15. The van der Waals surface area contributed by atoms with E-state index in [1.165, 1.54) is 11.1 Å². The number of halogens is 1. The molecule has 1 unspecified atom stereocenters. The smallest absolute Gasteiger partial charge is 0.240 e. The zero-order valence-electron chi connectivity index (χ0n) is 14.8. The number of carbonyl (C=O) groups excluding carboxylic acids is 1. The van der Waals surface area contributed by atoms with Crippen molar-refractivity contribution in [1.29, 1.82) is 0 Å². The van der Waals surface area contributed by atoms with Crippen LogP contribution in [0.4, 0.5) is 0 Å². The zero-order valence-corrected chi connectivity index (χ0v) is 15.6. The molecule has 24 heavy (non-hydrogen) atoms. The van der Waals surface area contributed by atoms with Gasteiger partial charge in [-0.3, -0.25) is 4.79 Å². The summed E-state index contributed by atoms with van der Waals surface area (Å²) in [5.74, 6) is 0.00811. The van der Waals surface area contributed by atoms with Crippen LogP contribution in [0.5, 0.6) is 0 Å². The number of aromatic nitrogens is 1. The lowest BCUT2D eigenvalue weighted by Crippen LogP contribution is -2.36. The van der Waals surface area contributed by atoms with Crippen LogP contribution in [0, 0.1) is 6.92 Å². The second-order valence-corrected chi connectivity index (χ2v) is 6.94. The predicted molar refractivity (Wildman–Crippen MR) is 100 cm³/mol. The Labute approximate surface area is 150 Å². The summed E-state index contributed by atoms with van der Waals surface area (Å²) < 4.78 is 2.22. The van der Waals surface area contributed by atoms with Gasteiger partial charge in [-0.1, -0.05) is 37.6 Å². The molecule has 0 aliphatic rings. The molecule has 3 nitrogen and oxygen atoms in total. The van der Waals surface area contributed by atoms with Crippen molar-refractivity contribution in [2.45, 2.75) is 52.1 Å². The number of amides is 1. The molecule has 2 aromatic rings. The number of alkyl halides is 1. The van der Waals surface area contributed by atoms with E-state index < -0.39 is 5.38 Å². The zero-order chi connectivity index (χ0) is 17.5. The second kappa shape index (κ2) is 8.93. The van der Waals surface area contributed by atoms with E-state index in [0.29, 0.717) is 6.54 Å². The van der Waals surface area contributed by atoms with E-state index in [-0.39, 0.29) is 5.91 Å². The second-order valence-electron chi connectivity index (χ2n) is 6.28. The maximum absolute atomic E-state index is 12.4. The normalized spacial score (nSPS) is 12.2. The van der Waals surface area contributed by atoms with Crippen LogP contribution < -0.4 is 0 Å². The summed E-state index contributed by atoms with van der Waals surface area (Å²) in [6, 6.07) is 12.5. The third-order valence-corrected chi connectivity index (χ3v) is 4.50. The van der Waals surface area contributed by atoms with E-state index in [4.69, 9.17) is 11.6 Å². The molecule has 0 aliphatic heterocycles. The van der Waals surface area contributed by atoms with Crippen molar-refractivity contribution < 1.29 is 4.79 Å². The van der Waals surface area contributed by atoms with Crippen LogP contribution in [0.1, 0.15) is 43.5 Å². The SMILES string of the molecule is CCCCN(Cc1cccn1Cc1ccccc1C)C(=O)C(C)Cl. The fourth-order valence-corrected chi connectivity index (χ4v) is 2.92. The first kappa shape index (κ1) is 18.6. The summed E-state index contributed by atoms with van der Waals surface area (Å²) in [5.41, 5.74) is 3.72. The van der Waals surface area contributed by atoms with Gasteiger partial charge >= 0.3 is 0 Å². The lowest BCUT2D eigenvalue weighted by atomic mass is 10.1. The van der Waals surface area contributed by atoms with Gasteiger partial charge in [0.05, 0.1) is 6.54 Å². The molecule has 0 fully saturated rings. The summed E-state index contributed by atoms with van der Waals surface area (Å²) in [6.07, 6.45) is 4.13. The van der Waals surface area contributed by atoms with Gasteiger partial charge < -0.3 is 9.47 Å². The molecule has 1 atom stereocenters. The first-order valence-electron chi connectivity index (χ1n) is 8.64. The minimum absolute atomic E-state index is 0.00811. The molecule has 1 aromatic carbocycles. The predicted octanol–water partition coefficient (Wildman–Crippen LogP) is 4.60. The van der Waals surface area contributed by atoms with Gasteiger partial charge in [0.25, 0.3) is 0 Å². The number of hydrogen-bond donors (Lipinski definition) is 0. The molecule has 0 saturated carbocycles. The Balaban J connectivity index is 2.15. The first-order valence-corrected chi connectivity index (χ1v) is 9.08. The maximum atomic E-state index is 12.4. The lowest BCUT2D eigenvalue weighted by molar-refractivity contribution is -0.131. The van der Waals surface area contributed by atoms with Crippen LogP contribution in [-0.4, -0.2) is 27.3 Å². The molecule has 0 N–H and O–H groups in total. The summed E-state index contributed by atoms with van der Waals surface area (Å²) in [4.78, 5) is 14.3. The molecule has 0 radical (unpaired) electrons. The van der Waals surface area contributed by atoms with E-state index in [2.05, 4.69) is 54.9 Å². The Morgan fingerprint density at radius 2 is 2.00 bits per heavy atom. The number of aryl methyl sites for hydroxylation is 1. The molecular formula is C20H27ClN2O. The fourth-order valence-electron chi connectivity index (χ4n) is 2.78. The number of unbranched alkanes of at least 4 members (excludes halogenated alkanes) is 1. The van der Waals surface area contributed by atoms with Crippen molar-refractivity contribution in [2.24, 2.45) is 0 Å². The van der Waals surface area contributed by atoms with Gasteiger partial charge in [0.1, 0.15) is 5.38 Å². The Morgan fingerprint density at radius 1 is 1.25 bits per heavy atom. The van der Waals surface area contributed by atoms with Crippen LogP contribution in [0.15, 0.2) is 42.6 Å². The van der Waals surface area contributed by atoms with Gasteiger partial charge in [0.15, 0.2) is 0 Å². The standard InChI is InChI=1S/C20H27ClN2O/c1-4-5-12-23(20(24)17(3)21)15-19-11-8-13-22(19)14-18-10-7-6-9-16(18)2/h6-11,13,17H,4-5,12,14-15H2,1-3H3. The van der Waals surface area contributed by atoms with Crippen LogP contribution in [0.2, 0.25) is 0 Å². The van der Waals surface area contributed by atoms with Crippen LogP contribution in [-0.2, 0) is 17.9 Å².